The number of aliphatic hydroxyl groups excluding tert-OH is 1. The lowest BCUT2D eigenvalue weighted by Crippen LogP contribution is -2.45. The first-order valence-corrected chi connectivity index (χ1v) is 11.7. The molecular weight excluding hydrogens is 464 g/mol. The Morgan fingerprint density at radius 3 is 2.81 bits per heavy atom. The monoisotopic (exact) mass is 488 g/mol. The number of ether oxygens (including phenoxy) is 3. The highest BCUT2D eigenvalue weighted by Crippen LogP contribution is 2.29. The molecule has 1 aliphatic carbocycles. The fourth-order valence-electron chi connectivity index (χ4n) is 4.59. The van der Waals surface area contributed by atoms with Crippen molar-refractivity contribution in [1.29, 1.82) is 0 Å². The number of aliphatic hydroxyl groups is 1. The summed E-state index contributed by atoms with van der Waals surface area (Å²) in [4.78, 5) is 30.4. The van der Waals surface area contributed by atoms with Crippen LogP contribution in [0, 0.1) is 0 Å². The highest BCUT2D eigenvalue weighted by molar-refractivity contribution is 5.72. The molecule has 11 heteroatoms. The maximum absolute atomic E-state index is 12.7. The summed E-state index contributed by atoms with van der Waals surface area (Å²) in [5.74, 6) is 1.71. The predicted octanol–water partition coefficient (Wildman–Crippen LogP) is 0.968. The standard InChI is InChI=1S/C25H24N6O5/c1-34-23-3-2-17-25(30-23)31(24(33)13-29-17)16-6-14-7-20(32)19(9-18(14)28-11-16)27-10-15-8-21-22(12-26-15)36-5-4-35-21/h2-3,6,8,11-13,19-20,27,32H,4-5,7,9-10H2,1H3/t19-,20?/m1/s1. The minimum absolute atomic E-state index is 0.193. The number of nitrogens with one attached hydrogen (secondary N) is 1. The topological polar surface area (TPSA) is 134 Å². The fourth-order valence-corrected chi connectivity index (χ4v) is 4.59. The van der Waals surface area contributed by atoms with Crippen LogP contribution in [0.25, 0.3) is 16.9 Å². The Balaban J connectivity index is 1.24. The van der Waals surface area contributed by atoms with Crippen molar-refractivity contribution < 1.29 is 19.3 Å². The summed E-state index contributed by atoms with van der Waals surface area (Å²) in [6.45, 7) is 1.50. The number of methoxy groups -OCH3 is 1. The van der Waals surface area contributed by atoms with Gasteiger partial charge >= 0.3 is 0 Å². The summed E-state index contributed by atoms with van der Waals surface area (Å²) >= 11 is 0. The van der Waals surface area contributed by atoms with E-state index < -0.39 is 6.10 Å². The second-order valence-corrected chi connectivity index (χ2v) is 8.71. The Morgan fingerprint density at radius 1 is 1.08 bits per heavy atom. The summed E-state index contributed by atoms with van der Waals surface area (Å²) in [5, 5.41) is 14.3. The van der Waals surface area contributed by atoms with E-state index in [1.807, 2.05) is 12.1 Å². The SMILES string of the molecule is COc1ccc2ncc(=O)n(-c3cnc4c(c3)CC(O)[C@H](NCc3cc5c(cn3)OCCO5)C4)c2n1. The summed E-state index contributed by atoms with van der Waals surface area (Å²) in [6, 6.07) is 6.99. The maximum Gasteiger partial charge on any atom is 0.275 e. The van der Waals surface area contributed by atoms with Gasteiger partial charge in [0.2, 0.25) is 5.88 Å². The molecule has 4 aromatic rings. The van der Waals surface area contributed by atoms with E-state index in [1.54, 1.807) is 24.5 Å². The van der Waals surface area contributed by atoms with Crippen LogP contribution >= 0.6 is 0 Å². The Morgan fingerprint density at radius 2 is 1.94 bits per heavy atom. The van der Waals surface area contributed by atoms with Gasteiger partial charge in [-0.2, -0.15) is 4.98 Å². The van der Waals surface area contributed by atoms with Crippen molar-refractivity contribution in [1.82, 2.24) is 29.8 Å². The van der Waals surface area contributed by atoms with E-state index in [4.69, 9.17) is 14.2 Å². The molecule has 11 nitrogen and oxygen atoms in total. The predicted molar refractivity (Wildman–Crippen MR) is 129 cm³/mol. The Hall–Kier alpha value is -4.09. The number of hydrogen-bond donors (Lipinski definition) is 2. The second-order valence-electron chi connectivity index (χ2n) is 8.71. The Bertz CT molecular complexity index is 1510. The average molecular weight is 489 g/mol. The third-order valence-corrected chi connectivity index (χ3v) is 6.43. The van der Waals surface area contributed by atoms with Gasteiger partial charge in [-0.1, -0.05) is 0 Å². The van der Waals surface area contributed by atoms with E-state index in [9.17, 15) is 9.90 Å². The van der Waals surface area contributed by atoms with Crippen LogP contribution in [-0.4, -0.2) is 62.1 Å². The minimum Gasteiger partial charge on any atom is -0.486 e. The highest BCUT2D eigenvalue weighted by Gasteiger charge is 2.28. The van der Waals surface area contributed by atoms with Crippen LogP contribution in [0.5, 0.6) is 17.4 Å². The molecule has 4 aromatic heterocycles. The molecule has 1 unspecified atom stereocenters. The van der Waals surface area contributed by atoms with Crippen LogP contribution in [-0.2, 0) is 19.4 Å². The largest absolute Gasteiger partial charge is 0.486 e. The van der Waals surface area contributed by atoms with Crippen molar-refractivity contribution >= 4 is 11.2 Å². The van der Waals surface area contributed by atoms with Crippen LogP contribution in [0.3, 0.4) is 0 Å². The molecule has 2 aliphatic rings. The van der Waals surface area contributed by atoms with Gasteiger partial charge in [-0.15, -0.1) is 0 Å². The zero-order chi connectivity index (χ0) is 24.6. The van der Waals surface area contributed by atoms with Crippen LogP contribution in [0.4, 0.5) is 0 Å². The number of hydrogen-bond acceptors (Lipinski definition) is 10. The van der Waals surface area contributed by atoms with Crippen molar-refractivity contribution in [2.45, 2.75) is 31.5 Å². The molecule has 0 radical (unpaired) electrons. The molecule has 0 saturated heterocycles. The Labute approximate surface area is 205 Å². The molecule has 2 N–H and O–H groups in total. The molecule has 0 spiro atoms. The molecule has 5 heterocycles. The van der Waals surface area contributed by atoms with E-state index in [0.717, 1.165) is 17.0 Å². The second kappa shape index (κ2) is 9.17. The highest BCUT2D eigenvalue weighted by atomic mass is 16.6. The molecular formula is C25H24N6O5. The summed E-state index contributed by atoms with van der Waals surface area (Å²) in [6.07, 6.45) is 4.89. The van der Waals surface area contributed by atoms with Crippen molar-refractivity contribution in [3.63, 3.8) is 0 Å². The van der Waals surface area contributed by atoms with Gasteiger partial charge in [-0.25, -0.2) is 4.98 Å². The lowest BCUT2D eigenvalue weighted by molar-refractivity contribution is 0.117. The van der Waals surface area contributed by atoms with Crippen molar-refractivity contribution in [2.75, 3.05) is 20.3 Å². The van der Waals surface area contributed by atoms with Gasteiger partial charge in [0.1, 0.15) is 18.7 Å². The third kappa shape index (κ3) is 4.12. The number of pyridine rings is 3. The molecule has 6 rings (SSSR count). The molecule has 2 atom stereocenters. The lowest BCUT2D eigenvalue weighted by Gasteiger charge is -2.30. The van der Waals surface area contributed by atoms with Gasteiger partial charge < -0.3 is 24.6 Å². The van der Waals surface area contributed by atoms with Crippen molar-refractivity contribution in [2.24, 2.45) is 0 Å². The molecule has 1 aliphatic heterocycles. The molecule has 0 bridgehead atoms. The van der Waals surface area contributed by atoms with Gasteiger partial charge in [0.25, 0.3) is 5.56 Å². The van der Waals surface area contributed by atoms with Gasteiger partial charge in [-0.05, 0) is 17.7 Å². The van der Waals surface area contributed by atoms with E-state index in [0.29, 0.717) is 66.8 Å². The third-order valence-electron chi connectivity index (χ3n) is 6.43. The van der Waals surface area contributed by atoms with Gasteiger partial charge in [-0.3, -0.25) is 19.3 Å². The smallest absolute Gasteiger partial charge is 0.275 e. The summed E-state index contributed by atoms with van der Waals surface area (Å²) in [7, 11) is 1.52. The first-order chi connectivity index (χ1) is 17.6. The Kier molecular flexibility index (Phi) is 5.70. The lowest BCUT2D eigenvalue weighted by atomic mass is 9.89. The molecule has 0 aromatic carbocycles. The normalized spacial score (nSPS) is 18.6. The van der Waals surface area contributed by atoms with E-state index in [1.165, 1.54) is 17.9 Å². The van der Waals surface area contributed by atoms with Crippen LogP contribution < -0.4 is 25.1 Å². The fraction of sp³-hybridized carbons (Fsp3) is 0.320. The molecule has 0 fully saturated rings. The van der Waals surface area contributed by atoms with Crippen molar-refractivity contribution in [3.8, 4) is 23.1 Å². The minimum atomic E-state index is -0.629. The van der Waals surface area contributed by atoms with E-state index in [-0.39, 0.29) is 11.6 Å². The quantitative estimate of drug-likeness (QED) is 0.419. The van der Waals surface area contributed by atoms with Gasteiger partial charge in [0, 0.05) is 43.3 Å². The first-order valence-electron chi connectivity index (χ1n) is 11.7. The van der Waals surface area contributed by atoms with E-state index >= 15 is 0 Å². The molecule has 184 valence electrons. The number of aromatic nitrogens is 5. The molecule has 0 saturated carbocycles. The first kappa shape index (κ1) is 22.4. The van der Waals surface area contributed by atoms with Crippen LogP contribution in [0.2, 0.25) is 0 Å². The maximum atomic E-state index is 12.7. The zero-order valence-electron chi connectivity index (χ0n) is 19.5. The van der Waals surface area contributed by atoms with Crippen LogP contribution in [0.1, 0.15) is 17.0 Å². The van der Waals surface area contributed by atoms with Gasteiger partial charge in [0.15, 0.2) is 17.1 Å². The van der Waals surface area contributed by atoms with Gasteiger partial charge in [0.05, 0.1) is 43.2 Å². The zero-order valence-corrected chi connectivity index (χ0v) is 19.5. The summed E-state index contributed by atoms with van der Waals surface area (Å²) < 4.78 is 17.8. The van der Waals surface area contributed by atoms with Crippen LogP contribution in [0.15, 0.2) is 47.7 Å². The number of rotatable bonds is 5. The summed E-state index contributed by atoms with van der Waals surface area (Å²) in [5.41, 5.74) is 3.73. The average Bonchev–Trinajstić information content (AvgIpc) is 2.91. The molecule has 0 amide bonds. The number of fused-ring (bicyclic) bond motifs is 3. The van der Waals surface area contributed by atoms with E-state index in [2.05, 4.69) is 25.3 Å². The van der Waals surface area contributed by atoms with Crippen molar-refractivity contribution in [3.05, 3.63) is 70.2 Å². The number of nitrogens with zero attached hydrogens (tertiary/aromatic N) is 5. The molecule has 36 heavy (non-hydrogen) atoms.